The molecule has 0 saturated heterocycles. The third kappa shape index (κ3) is 2.09. The van der Waals surface area contributed by atoms with Crippen LogP contribution < -0.4 is 5.43 Å². The SMILES string of the molecule is FC(F)(F)c1nnc2ccc(Nn3cccc3)nn12. The van der Waals surface area contributed by atoms with Crippen LogP contribution in [-0.4, -0.2) is 24.5 Å². The third-order valence-corrected chi connectivity index (χ3v) is 2.36. The Morgan fingerprint density at radius 1 is 1.05 bits per heavy atom. The maximum Gasteiger partial charge on any atom is 0.453 e. The first kappa shape index (κ1) is 11.5. The Kier molecular flexibility index (Phi) is 2.40. The van der Waals surface area contributed by atoms with Crippen molar-refractivity contribution in [3.05, 3.63) is 42.5 Å². The van der Waals surface area contributed by atoms with Crippen LogP contribution in [0.2, 0.25) is 0 Å². The number of nitrogens with one attached hydrogen (secondary N) is 1. The summed E-state index contributed by atoms with van der Waals surface area (Å²) >= 11 is 0. The van der Waals surface area contributed by atoms with Gasteiger partial charge in [0.25, 0.3) is 5.82 Å². The second-order valence-corrected chi connectivity index (χ2v) is 3.71. The number of rotatable bonds is 2. The molecule has 3 heterocycles. The maximum absolute atomic E-state index is 12.7. The molecule has 3 aromatic rings. The minimum Gasteiger partial charge on any atom is -0.277 e. The quantitative estimate of drug-likeness (QED) is 0.770. The summed E-state index contributed by atoms with van der Waals surface area (Å²) in [5, 5.41) is 10.3. The molecule has 0 unspecified atom stereocenters. The molecule has 3 rings (SSSR count). The van der Waals surface area contributed by atoms with Crippen LogP contribution in [0.25, 0.3) is 5.65 Å². The smallest absolute Gasteiger partial charge is 0.277 e. The predicted octanol–water partition coefficient (Wildman–Crippen LogP) is 1.82. The van der Waals surface area contributed by atoms with Gasteiger partial charge in [-0.2, -0.15) is 17.7 Å². The van der Waals surface area contributed by atoms with E-state index in [0.717, 1.165) is 0 Å². The van der Waals surface area contributed by atoms with Gasteiger partial charge >= 0.3 is 6.18 Å². The Morgan fingerprint density at radius 2 is 1.79 bits per heavy atom. The molecule has 98 valence electrons. The monoisotopic (exact) mass is 268 g/mol. The first-order valence-electron chi connectivity index (χ1n) is 5.24. The van der Waals surface area contributed by atoms with Crippen molar-refractivity contribution in [2.45, 2.75) is 6.18 Å². The molecule has 0 fully saturated rings. The number of halogens is 3. The fourth-order valence-corrected chi connectivity index (χ4v) is 1.57. The minimum atomic E-state index is -4.60. The average molecular weight is 268 g/mol. The Morgan fingerprint density at radius 3 is 2.47 bits per heavy atom. The topological polar surface area (TPSA) is 60.0 Å². The number of alkyl halides is 3. The zero-order valence-electron chi connectivity index (χ0n) is 9.33. The molecule has 0 radical (unpaired) electrons. The molecule has 0 aliphatic heterocycles. The van der Waals surface area contributed by atoms with Gasteiger partial charge in [-0.25, -0.2) is 0 Å². The lowest BCUT2D eigenvalue weighted by Gasteiger charge is -2.07. The van der Waals surface area contributed by atoms with Crippen LogP contribution in [0.1, 0.15) is 5.82 Å². The summed E-state index contributed by atoms with van der Waals surface area (Å²) in [5.74, 6) is -0.910. The van der Waals surface area contributed by atoms with E-state index in [1.807, 2.05) is 0 Å². The molecule has 0 spiro atoms. The lowest BCUT2D eigenvalue weighted by molar-refractivity contribution is -0.146. The van der Waals surface area contributed by atoms with Gasteiger partial charge in [0, 0.05) is 12.4 Å². The van der Waals surface area contributed by atoms with E-state index in [1.165, 1.54) is 12.1 Å². The number of anilines is 1. The van der Waals surface area contributed by atoms with E-state index in [1.54, 1.807) is 29.2 Å². The standard InChI is InChI=1S/C10H7F3N6/c11-10(12,13)9-15-14-8-4-3-7(17-19(8)9)16-18-5-1-2-6-18/h1-6H,(H,16,17). The van der Waals surface area contributed by atoms with Crippen molar-refractivity contribution >= 4 is 11.5 Å². The van der Waals surface area contributed by atoms with Crippen molar-refractivity contribution in [1.29, 1.82) is 0 Å². The summed E-state index contributed by atoms with van der Waals surface area (Å²) in [7, 11) is 0. The van der Waals surface area contributed by atoms with Crippen molar-refractivity contribution in [3.8, 4) is 0 Å². The lowest BCUT2D eigenvalue weighted by atomic mass is 10.5. The van der Waals surface area contributed by atoms with E-state index >= 15 is 0 Å². The normalized spacial score (nSPS) is 11.9. The van der Waals surface area contributed by atoms with Gasteiger partial charge in [-0.15, -0.1) is 15.3 Å². The number of hydrogen-bond acceptors (Lipinski definition) is 4. The first-order valence-corrected chi connectivity index (χ1v) is 5.24. The van der Waals surface area contributed by atoms with Gasteiger partial charge in [-0.3, -0.25) is 10.1 Å². The molecule has 6 nitrogen and oxygen atoms in total. The summed E-state index contributed by atoms with van der Waals surface area (Å²) in [4.78, 5) is 0. The van der Waals surface area contributed by atoms with Gasteiger partial charge in [-0.05, 0) is 24.3 Å². The van der Waals surface area contributed by atoms with E-state index in [4.69, 9.17) is 0 Å². The molecule has 9 heteroatoms. The fraction of sp³-hybridized carbons (Fsp3) is 0.100. The highest BCUT2D eigenvalue weighted by molar-refractivity contribution is 5.44. The van der Waals surface area contributed by atoms with Crippen molar-refractivity contribution in [1.82, 2.24) is 24.5 Å². The van der Waals surface area contributed by atoms with Crippen LogP contribution in [0, 0.1) is 0 Å². The molecule has 3 aromatic heterocycles. The Bertz CT molecular complexity index is 700. The summed E-state index contributed by atoms with van der Waals surface area (Å²) in [5.41, 5.74) is 2.84. The highest BCUT2D eigenvalue weighted by atomic mass is 19.4. The molecule has 19 heavy (non-hydrogen) atoms. The molecule has 0 bridgehead atoms. The molecule has 0 atom stereocenters. The Hall–Kier alpha value is -2.58. The number of fused-ring (bicyclic) bond motifs is 1. The third-order valence-electron chi connectivity index (χ3n) is 2.36. The molecule has 0 aliphatic carbocycles. The predicted molar refractivity (Wildman–Crippen MR) is 59.2 cm³/mol. The zero-order chi connectivity index (χ0) is 13.5. The molecular weight excluding hydrogens is 261 g/mol. The van der Waals surface area contributed by atoms with Gasteiger partial charge in [0.1, 0.15) is 0 Å². The summed E-state index contributed by atoms with van der Waals surface area (Å²) in [6.07, 6.45) is -1.20. The van der Waals surface area contributed by atoms with Gasteiger partial charge < -0.3 is 0 Å². The van der Waals surface area contributed by atoms with E-state index in [2.05, 4.69) is 20.7 Å². The van der Waals surface area contributed by atoms with Crippen LogP contribution in [0.3, 0.4) is 0 Å². The molecule has 1 N–H and O–H groups in total. The van der Waals surface area contributed by atoms with Crippen molar-refractivity contribution < 1.29 is 13.2 Å². The van der Waals surface area contributed by atoms with Crippen LogP contribution in [-0.2, 0) is 6.18 Å². The molecule has 0 aliphatic rings. The molecular formula is C10H7F3N6. The molecule has 0 amide bonds. The second-order valence-electron chi connectivity index (χ2n) is 3.71. The number of hydrogen-bond donors (Lipinski definition) is 1. The van der Waals surface area contributed by atoms with Gasteiger partial charge in [-0.1, -0.05) is 0 Å². The van der Waals surface area contributed by atoms with E-state index < -0.39 is 12.0 Å². The van der Waals surface area contributed by atoms with E-state index in [9.17, 15) is 13.2 Å². The van der Waals surface area contributed by atoms with Crippen LogP contribution in [0.4, 0.5) is 19.0 Å². The zero-order valence-corrected chi connectivity index (χ0v) is 9.33. The van der Waals surface area contributed by atoms with Crippen LogP contribution in [0.15, 0.2) is 36.7 Å². The van der Waals surface area contributed by atoms with Crippen molar-refractivity contribution in [3.63, 3.8) is 0 Å². The molecule has 0 saturated carbocycles. The number of aromatic nitrogens is 5. The van der Waals surface area contributed by atoms with Crippen molar-refractivity contribution in [2.24, 2.45) is 0 Å². The maximum atomic E-state index is 12.7. The second kappa shape index (κ2) is 3.97. The first-order chi connectivity index (χ1) is 9.04. The highest BCUT2D eigenvalue weighted by Crippen LogP contribution is 2.27. The summed E-state index contributed by atoms with van der Waals surface area (Å²) < 4.78 is 40.2. The lowest BCUT2D eigenvalue weighted by Crippen LogP contribution is -2.14. The van der Waals surface area contributed by atoms with Gasteiger partial charge in [0.15, 0.2) is 11.5 Å². The average Bonchev–Trinajstić information content (AvgIpc) is 2.95. The van der Waals surface area contributed by atoms with E-state index in [0.29, 0.717) is 4.52 Å². The summed E-state index contributed by atoms with van der Waals surface area (Å²) in [6, 6.07) is 6.46. The molecule has 0 aromatic carbocycles. The largest absolute Gasteiger partial charge is 0.453 e. The summed E-state index contributed by atoms with van der Waals surface area (Å²) in [6.45, 7) is 0. The van der Waals surface area contributed by atoms with Gasteiger partial charge in [0.05, 0.1) is 0 Å². The number of nitrogens with zero attached hydrogens (tertiary/aromatic N) is 5. The Balaban J connectivity index is 2.04. The van der Waals surface area contributed by atoms with E-state index in [-0.39, 0.29) is 11.5 Å². The Labute approximate surface area is 104 Å². The minimum absolute atomic E-state index is 0.0328. The van der Waals surface area contributed by atoms with Crippen LogP contribution >= 0.6 is 0 Å². The van der Waals surface area contributed by atoms with Crippen molar-refractivity contribution in [2.75, 3.05) is 5.43 Å². The van der Waals surface area contributed by atoms with Gasteiger partial charge in [0.2, 0.25) is 0 Å². The fourth-order valence-electron chi connectivity index (χ4n) is 1.57. The van der Waals surface area contributed by atoms with Crippen LogP contribution in [0.5, 0.6) is 0 Å². The highest BCUT2D eigenvalue weighted by Gasteiger charge is 2.37.